The molecule has 1 aliphatic carbocycles. The second-order valence-corrected chi connectivity index (χ2v) is 7.33. The Labute approximate surface area is 166 Å². The molecule has 1 aromatic carbocycles. The van der Waals surface area contributed by atoms with Crippen molar-refractivity contribution in [1.82, 2.24) is 9.88 Å². The lowest BCUT2D eigenvalue weighted by Gasteiger charge is -2.35. The van der Waals surface area contributed by atoms with Crippen molar-refractivity contribution in [3.8, 4) is 5.75 Å². The molecule has 1 saturated heterocycles. The number of nitrogens with zero attached hydrogens (tertiary/aromatic N) is 3. The molecule has 1 saturated carbocycles. The Kier molecular flexibility index (Phi) is 5.08. The Bertz CT molecular complexity index is 905. The number of nitrogens with one attached hydrogen (secondary N) is 1. The third-order valence-corrected chi connectivity index (χ3v) is 5.26. The first-order chi connectivity index (χ1) is 13.8. The molecular weight excluding hydrogens is 383 g/mol. The average Bonchev–Trinajstić information content (AvgIpc) is 3.53. The molecule has 0 bridgehead atoms. The van der Waals surface area contributed by atoms with Gasteiger partial charge in [-0.2, -0.15) is 0 Å². The van der Waals surface area contributed by atoms with Crippen LogP contribution in [0.25, 0.3) is 0 Å². The van der Waals surface area contributed by atoms with Gasteiger partial charge in [0.05, 0.1) is 5.71 Å². The average molecular weight is 405 g/mol. The first-order valence-corrected chi connectivity index (χ1v) is 9.50. The summed E-state index contributed by atoms with van der Waals surface area (Å²) in [6.45, 7) is 3.68. The lowest BCUT2D eigenvalue weighted by molar-refractivity contribution is -0.274. The van der Waals surface area contributed by atoms with Crippen LogP contribution in [-0.2, 0) is 0 Å². The highest BCUT2D eigenvalue weighted by Gasteiger charge is 2.32. The maximum atomic E-state index is 12.5. The van der Waals surface area contributed by atoms with Crippen LogP contribution in [0.15, 0.2) is 36.5 Å². The summed E-state index contributed by atoms with van der Waals surface area (Å²) in [5.74, 6) is 0.348. The summed E-state index contributed by atoms with van der Waals surface area (Å²) in [6, 6.07) is 7.76. The van der Waals surface area contributed by atoms with Gasteiger partial charge in [-0.15, -0.1) is 13.2 Å². The minimum Gasteiger partial charge on any atom is -0.406 e. The summed E-state index contributed by atoms with van der Waals surface area (Å²) in [5.41, 5.74) is 6.87. The molecule has 4 rings (SSSR count). The van der Waals surface area contributed by atoms with E-state index >= 15 is 0 Å². The molecule has 154 valence electrons. The zero-order chi connectivity index (χ0) is 20.6. The summed E-state index contributed by atoms with van der Waals surface area (Å²) in [7, 11) is 0. The molecule has 2 fully saturated rings. The Hall–Kier alpha value is -2.81. The molecule has 3 N–H and O–H groups in total. The highest BCUT2D eigenvalue weighted by molar-refractivity contribution is 6.14. The van der Waals surface area contributed by atoms with E-state index in [0.717, 1.165) is 50.2 Å². The number of halogens is 3. The first kappa shape index (κ1) is 19.5. The number of rotatable bonds is 5. The van der Waals surface area contributed by atoms with Gasteiger partial charge in [0.15, 0.2) is 0 Å². The van der Waals surface area contributed by atoms with Crippen LogP contribution in [0.2, 0.25) is 0 Å². The number of nitrogen functional groups attached to an aromatic ring is 1. The normalized spacial score (nSPS) is 18.0. The first-order valence-electron chi connectivity index (χ1n) is 9.50. The topological polar surface area (TPSA) is 78.5 Å². The molecule has 2 aromatic rings. The van der Waals surface area contributed by atoms with Crippen molar-refractivity contribution in [3.63, 3.8) is 0 Å². The maximum Gasteiger partial charge on any atom is 0.573 e. The van der Waals surface area contributed by atoms with Crippen molar-refractivity contribution in [2.24, 2.45) is 0 Å². The van der Waals surface area contributed by atoms with Gasteiger partial charge < -0.3 is 15.4 Å². The molecule has 1 aromatic heterocycles. The Morgan fingerprint density at radius 3 is 2.48 bits per heavy atom. The van der Waals surface area contributed by atoms with Crippen molar-refractivity contribution in [2.45, 2.75) is 25.2 Å². The number of ether oxygens (including phenoxy) is 1. The van der Waals surface area contributed by atoms with Crippen LogP contribution in [0, 0.1) is 5.41 Å². The molecule has 0 spiro atoms. The smallest absolute Gasteiger partial charge is 0.406 e. The van der Waals surface area contributed by atoms with E-state index in [9.17, 15) is 13.2 Å². The van der Waals surface area contributed by atoms with E-state index in [-0.39, 0.29) is 17.0 Å². The van der Waals surface area contributed by atoms with E-state index in [1.807, 2.05) is 0 Å². The summed E-state index contributed by atoms with van der Waals surface area (Å²) in [6.07, 6.45) is -0.631. The highest BCUT2D eigenvalue weighted by Crippen LogP contribution is 2.30. The molecular formula is C20H22F3N5O. The van der Waals surface area contributed by atoms with Gasteiger partial charge in [-0.1, -0.05) is 0 Å². The maximum absolute atomic E-state index is 12.5. The van der Waals surface area contributed by atoms with E-state index in [4.69, 9.17) is 11.1 Å². The van der Waals surface area contributed by atoms with Gasteiger partial charge in [0, 0.05) is 55.2 Å². The Morgan fingerprint density at radius 1 is 1.10 bits per heavy atom. The third kappa shape index (κ3) is 4.61. The molecule has 9 heteroatoms. The van der Waals surface area contributed by atoms with Gasteiger partial charge in [0.2, 0.25) is 0 Å². The summed E-state index contributed by atoms with van der Waals surface area (Å²) in [4.78, 5) is 9.08. The molecule has 0 radical (unpaired) electrons. The Morgan fingerprint density at radius 2 is 1.83 bits per heavy atom. The summed E-state index contributed by atoms with van der Waals surface area (Å²) >= 11 is 0. The standard InChI is InChI=1S/C20H22F3N5O/c21-20(22,23)29-15-3-4-17(24)16(12-15)19(25)13-5-6-26-18(11-13)28-9-7-27(8-10-28)14-1-2-14/h3-6,11-12,14,25H,1-2,7-10,24H2. The molecule has 1 aliphatic heterocycles. The molecule has 0 unspecified atom stereocenters. The van der Waals surface area contributed by atoms with Crippen LogP contribution in [0.1, 0.15) is 24.0 Å². The number of aromatic nitrogens is 1. The van der Waals surface area contributed by atoms with Crippen molar-refractivity contribution >= 4 is 17.2 Å². The number of nitrogens with two attached hydrogens (primary N) is 1. The number of hydrogen-bond acceptors (Lipinski definition) is 6. The second-order valence-electron chi connectivity index (χ2n) is 7.33. The number of anilines is 2. The molecule has 2 heterocycles. The fourth-order valence-electron chi connectivity index (χ4n) is 3.61. The molecule has 0 atom stereocenters. The van der Waals surface area contributed by atoms with Crippen LogP contribution in [0.4, 0.5) is 24.7 Å². The number of piperazine rings is 1. The van der Waals surface area contributed by atoms with Crippen LogP contribution < -0.4 is 15.4 Å². The van der Waals surface area contributed by atoms with Gasteiger partial charge in [0.1, 0.15) is 11.6 Å². The van der Waals surface area contributed by atoms with E-state index < -0.39 is 12.1 Å². The number of alkyl halides is 3. The number of pyridine rings is 1. The van der Waals surface area contributed by atoms with Crippen LogP contribution in [0.3, 0.4) is 0 Å². The molecule has 29 heavy (non-hydrogen) atoms. The van der Waals surface area contributed by atoms with E-state index in [1.54, 1.807) is 18.3 Å². The van der Waals surface area contributed by atoms with Gasteiger partial charge in [-0.05, 0) is 43.2 Å². The van der Waals surface area contributed by atoms with E-state index in [0.29, 0.717) is 5.56 Å². The van der Waals surface area contributed by atoms with Crippen LogP contribution in [0.5, 0.6) is 5.75 Å². The summed E-state index contributed by atoms with van der Waals surface area (Å²) < 4.78 is 41.5. The minimum absolute atomic E-state index is 0.0235. The Balaban J connectivity index is 1.52. The highest BCUT2D eigenvalue weighted by atomic mass is 19.4. The lowest BCUT2D eigenvalue weighted by Crippen LogP contribution is -2.47. The second kappa shape index (κ2) is 7.55. The SMILES string of the molecule is N=C(c1ccnc(N2CCN(C3CC3)CC2)c1)c1cc(OC(F)(F)F)ccc1N. The van der Waals surface area contributed by atoms with Gasteiger partial charge in [0.25, 0.3) is 0 Å². The quantitative estimate of drug-likeness (QED) is 0.590. The predicted octanol–water partition coefficient (Wildman–Crippen LogP) is 3.26. The van der Waals surface area contributed by atoms with Gasteiger partial charge in [-0.3, -0.25) is 10.3 Å². The lowest BCUT2D eigenvalue weighted by atomic mass is 10.0. The van der Waals surface area contributed by atoms with Gasteiger partial charge in [-0.25, -0.2) is 4.98 Å². The van der Waals surface area contributed by atoms with Crippen molar-refractivity contribution in [3.05, 3.63) is 47.7 Å². The number of hydrogen-bond donors (Lipinski definition) is 2. The predicted molar refractivity (Wildman–Crippen MR) is 105 cm³/mol. The largest absolute Gasteiger partial charge is 0.573 e. The van der Waals surface area contributed by atoms with Crippen molar-refractivity contribution in [2.75, 3.05) is 36.8 Å². The zero-order valence-corrected chi connectivity index (χ0v) is 15.7. The van der Waals surface area contributed by atoms with Gasteiger partial charge >= 0.3 is 6.36 Å². The van der Waals surface area contributed by atoms with Crippen molar-refractivity contribution in [1.29, 1.82) is 5.41 Å². The molecule has 6 nitrogen and oxygen atoms in total. The number of benzene rings is 1. The fourth-order valence-corrected chi connectivity index (χ4v) is 3.61. The van der Waals surface area contributed by atoms with Crippen molar-refractivity contribution < 1.29 is 17.9 Å². The summed E-state index contributed by atoms with van der Waals surface area (Å²) in [5, 5.41) is 8.48. The molecule has 2 aliphatic rings. The monoisotopic (exact) mass is 405 g/mol. The minimum atomic E-state index is -4.80. The van der Waals surface area contributed by atoms with E-state index in [2.05, 4.69) is 19.5 Å². The van der Waals surface area contributed by atoms with Crippen LogP contribution >= 0.6 is 0 Å². The van der Waals surface area contributed by atoms with Crippen LogP contribution in [-0.4, -0.2) is 54.2 Å². The fraction of sp³-hybridized carbons (Fsp3) is 0.400. The molecule has 0 amide bonds. The zero-order valence-electron chi connectivity index (χ0n) is 15.7. The van der Waals surface area contributed by atoms with E-state index in [1.165, 1.54) is 18.9 Å². The third-order valence-electron chi connectivity index (χ3n) is 5.26.